The van der Waals surface area contributed by atoms with E-state index in [1.807, 2.05) is 26.0 Å². The maximum Gasteiger partial charge on any atom is 0.344 e. The molecule has 1 aliphatic carbocycles. The summed E-state index contributed by atoms with van der Waals surface area (Å²) in [6.07, 6.45) is 11.5. The number of ether oxygens (including phenoxy) is 1. The Kier molecular flexibility index (Phi) is 4.07. The molecule has 0 atom stereocenters. The molecule has 3 nitrogen and oxygen atoms in total. The van der Waals surface area contributed by atoms with Crippen LogP contribution in [-0.2, 0) is 14.3 Å². The summed E-state index contributed by atoms with van der Waals surface area (Å²) in [5.41, 5.74) is 0.847. The van der Waals surface area contributed by atoms with Crippen molar-refractivity contribution < 1.29 is 14.3 Å². The topological polar surface area (TPSA) is 43.4 Å². The van der Waals surface area contributed by atoms with Crippen molar-refractivity contribution in [3.8, 4) is 0 Å². The minimum Gasteiger partial charge on any atom is -0.422 e. The fourth-order valence-electron chi connectivity index (χ4n) is 2.26. The number of esters is 1. The van der Waals surface area contributed by atoms with Crippen molar-refractivity contribution in [3.63, 3.8) is 0 Å². The van der Waals surface area contributed by atoms with Crippen LogP contribution in [0, 0.1) is 5.41 Å². The fraction of sp³-hybridized carbons (Fsp3) is 0.412. The molecule has 106 valence electrons. The lowest BCUT2D eigenvalue weighted by Crippen LogP contribution is -2.22. The first-order valence-corrected chi connectivity index (χ1v) is 7.03. The summed E-state index contributed by atoms with van der Waals surface area (Å²) in [4.78, 5) is 23.9. The normalized spacial score (nSPS) is 17.8. The van der Waals surface area contributed by atoms with E-state index in [1.54, 1.807) is 12.2 Å². The van der Waals surface area contributed by atoms with Crippen molar-refractivity contribution in [2.45, 2.75) is 40.0 Å². The monoisotopic (exact) mass is 272 g/mol. The van der Waals surface area contributed by atoms with E-state index < -0.39 is 0 Å². The van der Waals surface area contributed by atoms with Crippen molar-refractivity contribution in [2.24, 2.45) is 5.41 Å². The first-order valence-electron chi connectivity index (χ1n) is 7.03. The molecule has 1 aliphatic heterocycles. The highest BCUT2D eigenvalue weighted by atomic mass is 16.5. The van der Waals surface area contributed by atoms with Gasteiger partial charge in [-0.05, 0) is 24.6 Å². The number of hydrogen-bond acceptors (Lipinski definition) is 3. The Labute approximate surface area is 119 Å². The summed E-state index contributed by atoms with van der Waals surface area (Å²) >= 11 is 0. The molecule has 0 bridgehead atoms. The third-order valence-corrected chi connectivity index (χ3v) is 3.71. The van der Waals surface area contributed by atoms with E-state index in [0.717, 1.165) is 24.8 Å². The maximum atomic E-state index is 12.2. The molecular weight excluding hydrogens is 252 g/mol. The van der Waals surface area contributed by atoms with Crippen molar-refractivity contribution in [2.75, 3.05) is 0 Å². The average Bonchev–Trinajstić information content (AvgIpc) is 2.94. The van der Waals surface area contributed by atoms with Crippen molar-refractivity contribution >= 4 is 11.8 Å². The maximum absolute atomic E-state index is 12.2. The molecule has 1 heterocycles. The summed E-state index contributed by atoms with van der Waals surface area (Å²) in [5.74, 6) is 0.240. The Hall–Kier alpha value is -1.90. The molecule has 0 aromatic heterocycles. The lowest BCUT2D eigenvalue weighted by atomic mass is 9.82. The van der Waals surface area contributed by atoms with Crippen LogP contribution in [0.3, 0.4) is 0 Å². The second-order valence-electron chi connectivity index (χ2n) is 5.79. The van der Waals surface area contributed by atoms with Crippen LogP contribution in [0.4, 0.5) is 0 Å². The van der Waals surface area contributed by atoms with Gasteiger partial charge in [0.25, 0.3) is 0 Å². The van der Waals surface area contributed by atoms with Crippen LogP contribution in [0.25, 0.3) is 0 Å². The van der Waals surface area contributed by atoms with E-state index in [-0.39, 0.29) is 17.2 Å². The highest BCUT2D eigenvalue weighted by Crippen LogP contribution is 2.32. The second-order valence-corrected chi connectivity index (χ2v) is 5.79. The summed E-state index contributed by atoms with van der Waals surface area (Å²) in [6.45, 7) is 6.00. The van der Waals surface area contributed by atoms with Crippen LogP contribution in [0.5, 0.6) is 0 Å². The molecule has 0 aromatic carbocycles. The van der Waals surface area contributed by atoms with Gasteiger partial charge in [-0.3, -0.25) is 4.79 Å². The lowest BCUT2D eigenvalue weighted by Gasteiger charge is -2.20. The third kappa shape index (κ3) is 2.82. The van der Waals surface area contributed by atoms with E-state index in [2.05, 4.69) is 6.92 Å². The molecule has 0 aromatic rings. The fourth-order valence-corrected chi connectivity index (χ4v) is 2.26. The smallest absolute Gasteiger partial charge is 0.344 e. The van der Waals surface area contributed by atoms with Crippen LogP contribution in [0.1, 0.15) is 40.0 Å². The van der Waals surface area contributed by atoms with E-state index in [1.165, 1.54) is 6.08 Å². The summed E-state index contributed by atoms with van der Waals surface area (Å²) in [6, 6.07) is 0. The Morgan fingerprint density at radius 1 is 1.40 bits per heavy atom. The van der Waals surface area contributed by atoms with Gasteiger partial charge >= 0.3 is 5.97 Å². The average molecular weight is 272 g/mol. The number of carbonyl (C=O) groups is 2. The zero-order valence-corrected chi connectivity index (χ0v) is 12.2. The minimum atomic E-state index is -0.384. The second kappa shape index (κ2) is 5.61. The van der Waals surface area contributed by atoms with Gasteiger partial charge in [-0.25, -0.2) is 4.79 Å². The van der Waals surface area contributed by atoms with E-state index >= 15 is 0 Å². The van der Waals surface area contributed by atoms with Crippen LogP contribution in [0.15, 0.2) is 47.3 Å². The van der Waals surface area contributed by atoms with Gasteiger partial charge in [0.1, 0.15) is 5.76 Å². The first kappa shape index (κ1) is 14.5. The van der Waals surface area contributed by atoms with Gasteiger partial charge < -0.3 is 4.74 Å². The summed E-state index contributed by atoms with van der Waals surface area (Å²) in [5, 5.41) is 0. The number of carbonyl (C=O) groups excluding carboxylic acids is 2. The molecule has 0 amide bonds. The van der Waals surface area contributed by atoms with Crippen LogP contribution in [-0.4, -0.2) is 11.8 Å². The molecule has 0 saturated carbocycles. The number of unbranched alkanes of at least 4 members (excludes halogenated alkanes) is 1. The molecule has 0 spiro atoms. The number of ketones is 1. The Morgan fingerprint density at radius 2 is 2.15 bits per heavy atom. The Bertz CT molecular complexity index is 557. The van der Waals surface area contributed by atoms with Gasteiger partial charge in [0.15, 0.2) is 5.78 Å². The standard InChI is InChI=1S/C17H20O3/c1-4-5-11-17(2,3)15(18)10-9-13-12-7-6-8-14(12)20-16(13)19/h6-10H,4-5,11H2,1-3H3/b10-9+. The summed E-state index contributed by atoms with van der Waals surface area (Å²) < 4.78 is 5.10. The van der Waals surface area contributed by atoms with Gasteiger partial charge in [0.2, 0.25) is 0 Å². The van der Waals surface area contributed by atoms with Gasteiger partial charge in [0, 0.05) is 11.0 Å². The first-order chi connectivity index (χ1) is 9.45. The predicted octanol–water partition coefficient (Wildman–Crippen LogP) is 3.64. The third-order valence-electron chi connectivity index (χ3n) is 3.71. The molecule has 0 fully saturated rings. The zero-order chi connectivity index (χ0) is 14.8. The highest BCUT2D eigenvalue weighted by molar-refractivity contribution is 6.02. The molecule has 20 heavy (non-hydrogen) atoms. The number of rotatable bonds is 6. The van der Waals surface area contributed by atoms with E-state index in [9.17, 15) is 9.59 Å². The molecule has 0 radical (unpaired) electrons. The molecular formula is C17H20O3. The molecule has 0 unspecified atom stereocenters. The van der Waals surface area contributed by atoms with Gasteiger partial charge in [0.05, 0.1) is 5.57 Å². The quantitative estimate of drug-likeness (QED) is 0.547. The Balaban J connectivity index is 2.12. The SMILES string of the molecule is CCCCC(C)(C)C(=O)/C=C/C1=C2C=CC=C2OC1=O. The van der Waals surface area contributed by atoms with Gasteiger partial charge in [-0.1, -0.05) is 45.8 Å². The van der Waals surface area contributed by atoms with Crippen molar-refractivity contribution in [1.29, 1.82) is 0 Å². The van der Waals surface area contributed by atoms with E-state index in [0.29, 0.717) is 11.3 Å². The lowest BCUT2D eigenvalue weighted by molar-refractivity contribution is -0.132. The molecule has 2 aliphatic rings. The molecule has 0 saturated heterocycles. The predicted molar refractivity (Wildman–Crippen MR) is 77.8 cm³/mol. The van der Waals surface area contributed by atoms with Gasteiger partial charge in [-0.15, -0.1) is 0 Å². The highest BCUT2D eigenvalue weighted by Gasteiger charge is 2.29. The number of hydrogen-bond donors (Lipinski definition) is 0. The van der Waals surface area contributed by atoms with Gasteiger partial charge in [-0.2, -0.15) is 0 Å². The largest absolute Gasteiger partial charge is 0.422 e. The van der Waals surface area contributed by atoms with Crippen molar-refractivity contribution in [1.82, 2.24) is 0 Å². The summed E-state index contributed by atoms with van der Waals surface area (Å²) in [7, 11) is 0. The minimum absolute atomic E-state index is 0.0475. The van der Waals surface area contributed by atoms with Crippen LogP contribution >= 0.6 is 0 Å². The number of allylic oxidation sites excluding steroid dienone is 4. The zero-order valence-electron chi connectivity index (χ0n) is 12.2. The van der Waals surface area contributed by atoms with Crippen LogP contribution in [0.2, 0.25) is 0 Å². The number of fused-ring (bicyclic) bond motifs is 1. The van der Waals surface area contributed by atoms with Crippen molar-refractivity contribution in [3.05, 3.63) is 47.3 Å². The molecule has 2 rings (SSSR count). The molecule has 0 N–H and O–H groups in total. The van der Waals surface area contributed by atoms with E-state index in [4.69, 9.17) is 4.74 Å². The van der Waals surface area contributed by atoms with Crippen LogP contribution < -0.4 is 0 Å². The Morgan fingerprint density at radius 3 is 2.85 bits per heavy atom. The molecule has 3 heteroatoms.